The molecular formula is C12H16N4O2. The van der Waals surface area contributed by atoms with Crippen LogP contribution in [0.3, 0.4) is 0 Å². The van der Waals surface area contributed by atoms with Crippen molar-refractivity contribution in [3.63, 3.8) is 0 Å². The summed E-state index contributed by atoms with van der Waals surface area (Å²) in [5.41, 5.74) is 2.04. The van der Waals surface area contributed by atoms with E-state index in [1.165, 1.54) is 0 Å². The maximum atomic E-state index is 10.4. The van der Waals surface area contributed by atoms with E-state index in [1.807, 2.05) is 6.92 Å². The lowest BCUT2D eigenvalue weighted by Gasteiger charge is -2.19. The van der Waals surface area contributed by atoms with Crippen molar-refractivity contribution >= 4 is 11.8 Å². The number of anilines is 1. The van der Waals surface area contributed by atoms with Crippen LogP contribution in [0.1, 0.15) is 29.7 Å². The van der Waals surface area contributed by atoms with E-state index in [4.69, 9.17) is 10.4 Å². The summed E-state index contributed by atoms with van der Waals surface area (Å²) in [7, 11) is 1.78. The average Bonchev–Trinajstić information content (AvgIpc) is 2.31. The lowest BCUT2D eigenvalue weighted by atomic mass is 10.1. The molecule has 18 heavy (non-hydrogen) atoms. The average molecular weight is 248 g/mol. The Balaban J connectivity index is 2.86. The van der Waals surface area contributed by atoms with Crippen LogP contribution in [-0.4, -0.2) is 34.9 Å². The predicted molar refractivity (Wildman–Crippen MR) is 66.4 cm³/mol. The smallest absolute Gasteiger partial charge is 0.303 e. The summed E-state index contributed by atoms with van der Waals surface area (Å²) in [6, 6.07) is 2.12. The summed E-state index contributed by atoms with van der Waals surface area (Å²) in [6.07, 6.45) is 0.607. The van der Waals surface area contributed by atoms with Gasteiger partial charge < -0.3 is 10.0 Å². The Bertz CT molecular complexity index is 494. The lowest BCUT2D eigenvalue weighted by molar-refractivity contribution is -0.137. The molecular weight excluding hydrogens is 232 g/mol. The van der Waals surface area contributed by atoms with Gasteiger partial charge in [0.2, 0.25) is 0 Å². The topological polar surface area (TPSA) is 90.1 Å². The zero-order valence-corrected chi connectivity index (χ0v) is 10.8. The second-order valence-electron chi connectivity index (χ2n) is 4.14. The van der Waals surface area contributed by atoms with E-state index in [9.17, 15) is 4.79 Å². The van der Waals surface area contributed by atoms with E-state index in [-0.39, 0.29) is 6.42 Å². The standard InChI is InChI=1S/C12H16N4O2/c1-8-9(2)14-15-12(10(8)7-13)16(3)6-4-5-11(17)18/h4-6H2,1-3H3,(H,17,18). The second-order valence-corrected chi connectivity index (χ2v) is 4.14. The largest absolute Gasteiger partial charge is 0.481 e. The Morgan fingerprint density at radius 2 is 2.11 bits per heavy atom. The van der Waals surface area contributed by atoms with E-state index >= 15 is 0 Å². The van der Waals surface area contributed by atoms with Crippen molar-refractivity contribution in [2.45, 2.75) is 26.7 Å². The van der Waals surface area contributed by atoms with Crippen molar-refractivity contribution in [3.05, 3.63) is 16.8 Å². The van der Waals surface area contributed by atoms with Gasteiger partial charge >= 0.3 is 5.97 Å². The summed E-state index contributed by atoms with van der Waals surface area (Å²) in [6.45, 7) is 4.16. The number of carbonyl (C=O) groups is 1. The quantitative estimate of drug-likeness (QED) is 0.843. The minimum Gasteiger partial charge on any atom is -0.481 e. The van der Waals surface area contributed by atoms with Gasteiger partial charge in [-0.05, 0) is 25.8 Å². The van der Waals surface area contributed by atoms with Crippen molar-refractivity contribution in [3.8, 4) is 6.07 Å². The number of nitrogens with zero attached hydrogens (tertiary/aromatic N) is 4. The molecule has 6 heteroatoms. The van der Waals surface area contributed by atoms with Crippen LogP contribution >= 0.6 is 0 Å². The molecule has 96 valence electrons. The van der Waals surface area contributed by atoms with Crippen LogP contribution in [0.2, 0.25) is 0 Å². The first-order valence-electron chi connectivity index (χ1n) is 5.64. The van der Waals surface area contributed by atoms with Crippen LogP contribution in [0.4, 0.5) is 5.82 Å². The maximum absolute atomic E-state index is 10.4. The molecule has 0 aromatic carbocycles. The minimum absolute atomic E-state index is 0.102. The molecule has 0 saturated carbocycles. The molecule has 1 aromatic heterocycles. The van der Waals surface area contributed by atoms with Gasteiger partial charge in [-0.15, -0.1) is 5.10 Å². The molecule has 0 amide bonds. The van der Waals surface area contributed by atoms with E-state index in [2.05, 4.69) is 16.3 Å². The van der Waals surface area contributed by atoms with Gasteiger partial charge in [-0.3, -0.25) is 4.79 Å². The monoisotopic (exact) mass is 248 g/mol. The Morgan fingerprint density at radius 1 is 1.44 bits per heavy atom. The number of hydrogen-bond donors (Lipinski definition) is 1. The normalized spacial score (nSPS) is 9.89. The van der Waals surface area contributed by atoms with Crippen LogP contribution in [0.25, 0.3) is 0 Å². The third-order valence-corrected chi connectivity index (χ3v) is 2.79. The van der Waals surface area contributed by atoms with Gasteiger partial charge in [0.15, 0.2) is 5.82 Å². The molecule has 0 aliphatic rings. The van der Waals surface area contributed by atoms with Gasteiger partial charge in [0.25, 0.3) is 0 Å². The van der Waals surface area contributed by atoms with Gasteiger partial charge in [-0.2, -0.15) is 10.4 Å². The number of rotatable bonds is 5. The van der Waals surface area contributed by atoms with Gasteiger partial charge in [0.1, 0.15) is 11.6 Å². The predicted octanol–water partition coefficient (Wildman–Crippen LogP) is 1.27. The summed E-state index contributed by atoms with van der Waals surface area (Å²) in [4.78, 5) is 12.2. The number of aliphatic carboxylic acids is 1. The van der Waals surface area contributed by atoms with Crippen LogP contribution in [0.5, 0.6) is 0 Å². The molecule has 0 aliphatic heterocycles. The number of carboxylic acid groups (broad SMARTS) is 1. The first kappa shape index (κ1) is 13.9. The molecule has 0 saturated heterocycles. The fourth-order valence-corrected chi connectivity index (χ4v) is 1.57. The highest BCUT2D eigenvalue weighted by molar-refractivity contribution is 5.66. The van der Waals surface area contributed by atoms with Crippen molar-refractivity contribution < 1.29 is 9.90 Å². The zero-order valence-electron chi connectivity index (χ0n) is 10.8. The Morgan fingerprint density at radius 3 is 2.67 bits per heavy atom. The number of aryl methyl sites for hydroxylation is 1. The highest BCUT2D eigenvalue weighted by Gasteiger charge is 2.14. The summed E-state index contributed by atoms with van der Waals surface area (Å²) in [5.74, 6) is -0.318. The van der Waals surface area contributed by atoms with Crippen molar-refractivity contribution in [2.75, 3.05) is 18.5 Å². The van der Waals surface area contributed by atoms with Gasteiger partial charge in [-0.1, -0.05) is 0 Å². The molecule has 0 atom stereocenters. The molecule has 1 rings (SSSR count). The molecule has 1 aromatic rings. The van der Waals surface area contributed by atoms with E-state index < -0.39 is 5.97 Å². The number of aromatic nitrogens is 2. The third kappa shape index (κ3) is 3.17. The third-order valence-electron chi connectivity index (χ3n) is 2.79. The van der Waals surface area contributed by atoms with Crippen molar-refractivity contribution in [2.24, 2.45) is 0 Å². The molecule has 0 spiro atoms. The lowest BCUT2D eigenvalue weighted by Crippen LogP contribution is -2.22. The first-order valence-corrected chi connectivity index (χ1v) is 5.64. The van der Waals surface area contributed by atoms with Gasteiger partial charge in [0, 0.05) is 20.0 Å². The maximum Gasteiger partial charge on any atom is 0.303 e. The molecule has 6 nitrogen and oxygen atoms in total. The molecule has 0 aliphatic carbocycles. The Hall–Kier alpha value is -2.16. The minimum atomic E-state index is -0.824. The molecule has 0 unspecified atom stereocenters. The molecule has 1 heterocycles. The second kappa shape index (κ2) is 5.96. The van der Waals surface area contributed by atoms with Crippen LogP contribution in [-0.2, 0) is 4.79 Å². The van der Waals surface area contributed by atoms with E-state index in [1.54, 1.807) is 18.9 Å². The highest BCUT2D eigenvalue weighted by atomic mass is 16.4. The summed E-state index contributed by atoms with van der Waals surface area (Å²) in [5, 5.41) is 25.7. The molecule has 0 bridgehead atoms. The fraction of sp³-hybridized carbons (Fsp3) is 0.500. The fourth-order valence-electron chi connectivity index (χ4n) is 1.57. The van der Waals surface area contributed by atoms with Crippen LogP contribution < -0.4 is 4.90 Å². The highest BCUT2D eigenvalue weighted by Crippen LogP contribution is 2.20. The van der Waals surface area contributed by atoms with E-state index in [0.717, 1.165) is 11.3 Å². The summed E-state index contributed by atoms with van der Waals surface area (Å²) >= 11 is 0. The summed E-state index contributed by atoms with van der Waals surface area (Å²) < 4.78 is 0. The molecule has 0 fully saturated rings. The number of nitriles is 1. The van der Waals surface area contributed by atoms with Crippen molar-refractivity contribution in [1.29, 1.82) is 5.26 Å². The van der Waals surface area contributed by atoms with E-state index in [0.29, 0.717) is 24.3 Å². The number of hydrogen-bond acceptors (Lipinski definition) is 5. The van der Waals surface area contributed by atoms with Crippen molar-refractivity contribution in [1.82, 2.24) is 10.2 Å². The van der Waals surface area contributed by atoms with Gasteiger partial charge in [0.05, 0.1) is 5.69 Å². The molecule has 0 radical (unpaired) electrons. The Labute approximate surface area is 106 Å². The van der Waals surface area contributed by atoms with Crippen LogP contribution in [0.15, 0.2) is 0 Å². The van der Waals surface area contributed by atoms with Gasteiger partial charge in [-0.25, -0.2) is 0 Å². The molecule has 1 N–H and O–H groups in total. The SMILES string of the molecule is Cc1nnc(N(C)CCCC(=O)O)c(C#N)c1C. The number of carboxylic acids is 1. The van der Waals surface area contributed by atoms with Crippen LogP contribution in [0, 0.1) is 25.2 Å². The zero-order chi connectivity index (χ0) is 13.7. The Kier molecular flexibility index (Phi) is 4.60. The first-order chi connectivity index (χ1) is 8.47.